The van der Waals surface area contributed by atoms with Gasteiger partial charge in [-0.05, 0) is 45.8 Å². The van der Waals surface area contributed by atoms with Crippen molar-refractivity contribution < 1.29 is 28.8 Å². The van der Waals surface area contributed by atoms with Gasteiger partial charge < -0.3 is 0 Å². The summed E-state index contributed by atoms with van der Waals surface area (Å²) in [4.78, 5) is 79.5. The molecule has 79 heavy (non-hydrogen) atoms. The molecule has 0 aliphatic heterocycles. The molecule has 12 aromatic rings. The molecule has 0 fully saturated rings. The molecular formula is C71H54N2O6. The quantitative estimate of drug-likeness (QED) is 0.0512. The fourth-order valence-corrected chi connectivity index (χ4v) is 8.36. The molecule has 384 valence electrons. The summed E-state index contributed by atoms with van der Waals surface area (Å²) >= 11 is 0. The number of rotatable bonds is 12. The lowest BCUT2D eigenvalue weighted by atomic mass is 10.0. The van der Waals surface area contributed by atoms with Gasteiger partial charge in [0.15, 0.2) is 34.7 Å². The zero-order chi connectivity index (χ0) is 55.0. The molecule has 0 saturated carbocycles. The molecule has 0 unspecified atom stereocenters. The average Bonchev–Trinajstić information content (AvgIpc) is 3.56. The fourth-order valence-electron chi connectivity index (χ4n) is 8.36. The van der Waals surface area contributed by atoms with Gasteiger partial charge in [-0.15, -0.1) is 0 Å². The number of hydrogen-bond donors (Lipinski definition) is 0. The van der Waals surface area contributed by atoms with Crippen molar-refractivity contribution in [3.05, 3.63) is 325 Å². The molecule has 2 aromatic heterocycles. The number of Topliss-reactive ketones (excluding diaryl/α,β-unsaturated/α-hetero) is 6. The number of nitrogens with zero attached hydrogens (tertiary/aromatic N) is 2. The first-order valence-corrected chi connectivity index (χ1v) is 25.7. The van der Waals surface area contributed by atoms with Crippen LogP contribution in [0.25, 0.3) is 43.4 Å². The summed E-state index contributed by atoms with van der Waals surface area (Å²) < 4.78 is 0. The van der Waals surface area contributed by atoms with Crippen molar-refractivity contribution in [3.8, 4) is 0 Å². The predicted octanol–water partition coefficient (Wildman–Crippen LogP) is 16.2. The molecule has 0 N–H and O–H groups in total. The number of benzene rings is 10. The number of carbonyl (C=O) groups excluding carboxylic acids is 6. The minimum atomic E-state index is -0.139. The highest BCUT2D eigenvalue weighted by molar-refractivity contribution is 6.15. The zero-order valence-corrected chi connectivity index (χ0v) is 43.2. The van der Waals surface area contributed by atoms with Crippen LogP contribution in [0.2, 0.25) is 0 Å². The topological polar surface area (TPSA) is 128 Å². The maximum Gasteiger partial charge on any atom is 0.170 e. The van der Waals surface area contributed by atoms with Gasteiger partial charge in [-0.2, -0.15) is 0 Å². The van der Waals surface area contributed by atoms with E-state index in [1.54, 1.807) is 158 Å². The normalized spacial score (nSPS) is 10.2. The van der Waals surface area contributed by atoms with Crippen LogP contribution in [0.3, 0.4) is 0 Å². The second kappa shape index (κ2) is 28.5. The van der Waals surface area contributed by atoms with Gasteiger partial charge in [-0.25, -0.2) is 0 Å². The Balaban J connectivity index is 0.000000130. The molecule has 0 atom stereocenters. The van der Waals surface area contributed by atoms with Gasteiger partial charge in [-0.1, -0.05) is 255 Å². The Morgan fingerprint density at radius 3 is 0.620 bits per heavy atom. The molecule has 8 nitrogen and oxygen atoms in total. The molecule has 0 aliphatic carbocycles. The van der Waals surface area contributed by atoms with E-state index in [9.17, 15) is 28.8 Å². The maximum absolute atomic E-state index is 11.8. The van der Waals surface area contributed by atoms with E-state index in [0.717, 1.165) is 21.8 Å². The van der Waals surface area contributed by atoms with Crippen molar-refractivity contribution in [2.45, 2.75) is 19.3 Å². The van der Waals surface area contributed by atoms with E-state index in [1.807, 2.05) is 48.5 Å². The summed E-state index contributed by atoms with van der Waals surface area (Å²) in [6.45, 7) is 0. The molecule has 0 aliphatic rings. The van der Waals surface area contributed by atoms with E-state index in [1.165, 1.54) is 21.5 Å². The highest BCUT2D eigenvalue weighted by atomic mass is 16.2. The van der Waals surface area contributed by atoms with Gasteiger partial charge in [0.2, 0.25) is 0 Å². The van der Waals surface area contributed by atoms with Crippen LogP contribution in [-0.2, 0) is 0 Å². The molecule has 12 rings (SSSR count). The van der Waals surface area contributed by atoms with Crippen molar-refractivity contribution in [3.63, 3.8) is 0 Å². The maximum atomic E-state index is 11.8. The highest BCUT2D eigenvalue weighted by Crippen LogP contribution is 2.23. The minimum Gasteiger partial charge on any atom is -0.294 e. The number of carbonyl (C=O) groups is 6. The minimum absolute atomic E-state index is 0.0754. The molecule has 0 bridgehead atoms. The fraction of sp³-hybridized carbons (Fsp3) is 0.0423. The monoisotopic (exact) mass is 1030 g/mol. The molecule has 8 heteroatoms. The van der Waals surface area contributed by atoms with Crippen molar-refractivity contribution in [1.29, 1.82) is 0 Å². The van der Waals surface area contributed by atoms with E-state index in [0.29, 0.717) is 33.4 Å². The third-order valence-electron chi connectivity index (χ3n) is 12.5. The number of fused-ring (bicyclic) bond motifs is 5. The first-order chi connectivity index (χ1) is 38.7. The summed E-state index contributed by atoms with van der Waals surface area (Å²) in [5.41, 5.74) is 5.44. The Morgan fingerprint density at radius 1 is 0.215 bits per heavy atom. The van der Waals surface area contributed by atoms with E-state index in [-0.39, 0.29) is 54.0 Å². The highest BCUT2D eigenvalue weighted by Gasteiger charge is 2.15. The summed E-state index contributed by atoms with van der Waals surface area (Å²) in [5.74, 6) is -0.836. The van der Waals surface area contributed by atoms with E-state index < -0.39 is 0 Å². The van der Waals surface area contributed by atoms with Gasteiger partial charge in [0.1, 0.15) is 0 Å². The molecular weight excluding hydrogens is 977 g/mol. The van der Waals surface area contributed by atoms with Crippen LogP contribution in [0, 0.1) is 0 Å². The van der Waals surface area contributed by atoms with Crippen LogP contribution in [0.5, 0.6) is 0 Å². The Morgan fingerprint density at radius 2 is 0.405 bits per heavy atom. The summed E-state index contributed by atoms with van der Waals surface area (Å²) in [5, 5.41) is 7.52. The first kappa shape index (κ1) is 54.8. The summed E-state index contributed by atoms with van der Waals surface area (Å²) in [6, 6.07) is 86.8. The molecule has 2 heterocycles. The first-order valence-electron chi connectivity index (χ1n) is 25.7. The van der Waals surface area contributed by atoms with Gasteiger partial charge >= 0.3 is 0 Å². The Labute approximate surface area is 458 Å². The number of ketones is 6. The van der Waals surface area contributed by atoms with Crippen LogP contribution in [0.1, 0.15) is 81.4 Å². The van der Waals surface area contributed by atoms with Gasteiger partial charge in [0.05, 0.1) is 30.3 Å². The third-order valence-corrected chi connectivity index (χ3v) is 12.5. The Bertz CT molecular complexity index is 3400. The van der Waals surface area contributed by atoms with Gasteiger partial charge in [0, 0.05) is 56.5 Å². The van der Waals surface area contributed by atoms with Crippen LogP contribution < -0.4 is 0 Å². The van der Waals surface area contributed by atoms with Crippen molar-refractivity contribution in [1.82, 2.24) is 9.97 Å². The van der Waals surface area contributed by atoms with E-state index >= 15 is 0 Å². The lowest BCUT2D eigenvalue weighted by Gasteiger charge is -2.00. The number of pyridine rings is 2. The smallest absolute Gasteiger partial charge is 0.170 e. The summed E-state index contributed by atoms with van der Waals surface area (Å²) in [6.07, 6.45) is 3.38. The second-order valence-corrected chi connectivity index (χ2v) is 18.0. The number of hydrogen-bond acceptors (Lipinski definition) is 8. The predicted molar refractivity (Wildman–Crippen MR) is 317 cm³/mol. The standard InChI is InChI=1S/3C15H12O2.C14H10.C12H8N2/c3*16-14(12-7-3-1-4-8-12)11-15(17)13-9-5-2-6-10-13;1-2-6-12-10-14-8-4-3-7-13(14)9-11(12)5-1;1-3-9-5-6-10-4-2-8-14-12(10)11(9)13-7-1/h3*1-10H,11H2;1-10H;1-8H. The average molecular weight is 1030 g/mol. The second-order valence-electron chi connectivity index (χ2n) is 18.0. The van der Waals surface area contributed by atoms with Crippen molar-refractivity contribution >= 4 is 78.1 Å². The SMILES string of the molecule is O=C(CC(=O)c1ccccc1)c1ccccc1.O=C(CC(=O)c1ccccc1)c1ccccc1.O=C(CC(=O)c1ccccc1)c1ccccc1.c1ccc2cc3ccccc3cc2c1.c1cnc2c(c1)ccc1cccnc12. The van der Waals surface area contributed by atoms with Crippen LogP contribution in [0.15, 0.2) is 291 Å². The Kier molecular flexibility index (Phi) is 19.7. The van der Waals surface area contributed by atoms with Crippen LogP contribution in [-0.4, -0.2) is 44.7 Å². The molecule has 0 radical (unpaired) electrons. The van der Waals surface area contributed by atoms with E-state index in [2.05, 4.69) is 94.9 Å². The zero-order valence-electron chi connectivity index (χ0n) is 43.2. The lowest BCUT2D eigenvalue weighted by molar-refractivity contribution is 0.0878. The Hall–Kier alpha value is -10.4. The largest absolute Gasteiger partial charge is 0.294 e. The van der Waals surface area contributed by atoms with Crippen LogP contribution >= 0.6 is 0 Å². The number of aromatic nitrogens is 2. The molecule has 10 aromatic carbocycles. The molecule has 0 amide bonds. The molecule has 0 spiro atoms. The lowest BCUT2D eigenvalue weighted by Crippen LogP contribution is -2.08. The van der Waals surface area contributed by atoms with Crippen LogP contribution in [0.4, 0.5) is 0 Å². The van der Waals surface area contributed by atoms with Crippen molar-refractivity contribution in [2.24, 2.45) is 0 Å². The van der Waals surface area contributed by atoms with Gasteiger partial charge in [-0.3, -0.25) is 38.7 Å². The summed E-state index contributed by atoms with van der Waals surface area (Å²) in [7, 11) is 0. The molecule has 0 saturated heterocycles. The van der Waals surface area contributed by atoms with Gasteiger partial charge in [0.25, 0.3) is 0 Å². The van der Waals surface area contributed by atoms with Crippen molar-refractivity contribution in [2.75, 3.05) is 0 Å². The van der Waals surface area contributed by atoms with E-state index in [4.69, 9.17) is 0 Å². The third kappa shape index (κ3) is 16.0.